The standard InChI is InChI=1S/C13H24N3O16P3/c14-1-2-27-3-4-28-7-8-6-16(13(19)15-11(8)18)10-5-9(17)12(29-10)30-34(23,24)32-35(25,26)31-33(20,21)22/h6,9-10,12,17H,1-5,7,14H2,(H,23,24)(H,25,26)(H,15,18,19)(H2,20,21,22). The second kappa shape index (κ2) is 12.4. The van der Waals surface area contributed by atoms with Gasteiger partial charge >= 0.3 is 29.2 Å². The minimum atomic E-state index is -5.79. The van der Waals surface area contributed by atoms with E-state index in [9.17, 15) is 38.2 Å². The highest BCUT2D eigenvalue weighted by atomic mass is 31.3. The Hall–Kier alpha value is -1.11. The number of ether oxygens (including phenoxy) is 3. The number of H-pyrrole nitrogens is 1. The summed E-state index contributed by atoms with van der Waals surface area (Å²) in [5, 5.41) is 10.1. The average Bonchev–Trinajstić information content (AvgIpc) is 3.02. The van der Waals surface area contributed by atoms with E-state index in [0.717, 1.165) is 10.8 Å². The van der Waals surface area contributed by atoms with Crippen molar-refractivity contribution < 1.29 is 65.7 Å². The molecule has 8 N–H and O–H groups in total. The summed E-state index contributed by atoms with van der Waals surface area (Å²) in [6.07, 6.45) is -4.41. The van der Waals surface area contributed by atoms with Gasteiger partial charge in [-0.1, -0.05) is 0 Å². The van der Waals surface area contributed by atoms with Gasteiger partial charge in [0, 0.05) is 19.2 Å². The van der Waals surface area contributed by atoms with Crippen molar-refractivity contribution >= 4 is 23.5 Å². The maximum Gasteiger partial charge on any atom is 0.490 e. The lowest BCUT2D eigenvalue weighted by Crippen LogP contribution is -2.34. The molecule has 0 bridgehead atoms. The van der Waals surface area contributed by atoms with Crippen molar-refractivity contribution in [3.05, 3.63) is 32.6 Å². The molecule has 0 saturated carbocycles. The highest BCUT2D eigenvalue weighted by Crippen LogP contribution is 2.66. The third kappa shape index (κ3) is 10.0. The van der Waals surface area contributed by atoms with E-state index in [1.165, 1.54) is 0 Å². The van der Waals surface area contributed by atoms with Crippen LogP contribution in [0.1, 0.15) is 18.2 Å². The molecule has 5 atom stereocenters. The van der Waals surface area contributed by atoms with Gasteiger partial charge < -0.3 is 44.6 Å². The number of aliphatic hydroxyl groups excluding tert-OH is 1. The van der Waals surface area contributed by atoms with E-state index < -0.39 is 59.8 Å². The predicted octanol–water partition coefficient (Wildman–Crippen LogP) is -2.02. The summed E-state index contributed by atoms with van der Waals surface area (Å²) >= 11 is 0. The second-order valence-electron chi connectivity index (χ2n) is 6.73. The van der Waals surface area contributed by atoms with Crippen LogP contribution in [0.4, 0.5) is 0 Å². The van der Waals surface area contributed by atoms with Crippen LogP contribution in [0.25, 0.3) is 0 Å². The fourth-order valence-electron chi connectivity index (χ4n) is 2.65. The van der Waals surface area contributed by atoms with Gasteiger partial charge in [0.25, 0.3) is 5.56 Å². The summed E-state index contributed by atoms with van der Waals surface area (Å²) in [7, 11) is -17.0. The Balaban J connectivity index is 2.06. The molecule has 1 aromatic rings. The average molecular weight is 571 g/mol. The van der Waals surface area contributed by atoms with Crippen molar-refractivity contribution in [3.8, 4) is 0 Å². The lowest BCUT2D eigenvalue weighted by atomic mass is 10.2. The maximum absolute atomic E-state index is 12.2. The van der Waals surface area contributed by atoms with E-state index in [0.29, 0.717) is 13.2 Å². The zero-order valence-corrected chi connectivity index (χ0v) is 20.3. The summed E-state index contributed by atoms with van der Waals surface area (Å²) in [6, 6.07) is 0. The largest absolute Gasteiger partial charge is 0.490 e. The summed E-state index contributed by atoms with van der Waals surface area (Å²) in [6.45, 7) is 0.717. The minimum absolute atomic E-state index is 0.0159. The Bertz CT molecular complexity index is 1120. The van der Waals surface area contributed by atoms with Crippen LogP contribution < -0.4 is 17.0 Å². The first kappa shape index (κ1) is 30.1. The Kier molecular flexibility index (Phi) is 10.7. The topological polar surface area (TPSA) is 289 Å². The number of rotatable bonds is 14. The summed E-state index contributed by atoms with van der Waals surface area (Å²) in [5.41, 5.74) is 3.52. The molecule has 1 aromatic heterocycles. The van der Waals surface area contributed by atoms with Crippen molar-refractivity contribution in [2.45, 2.75) is 31.6 Å². The smallest absolute Gasteiger partial charge is 0.388 e. The zero-order chi connectivity index (χ0) is 26.4. The number of nitrogens with zero attached hydrogens (tertiary/aromatic N) is 1. The Labute approximate surface area is 195 Å². The number of nitrogens with two attached hydrogens (primary N) is 1. The number of hydrogen-bond acceptors (Lipinski definition) is 13. The molecule has 0 aromatic carbocycles. The van der Waals surface area contributed by atoms with E-state index >= 15 is 0 Å². The highest BCUT2D eigenvalue weighted by Gasteiger charge is 2.46. The number of aromatic nitrogens is 2. The van der Waals surface area contributed by atoms with Gasteiger partial charge in [0.1, 0.15) is 12.3 Å². The molecule has 22 heteroatoms. The Morgan fingerprint density at radius 1 is 1.06 bits per heavy atom. The van der Waals surface area contributed by atoms with Gasteiger partial charge in [-0.05, 0) is 0 Å². The summed E-state index contributed by atoms with van der Waals surface area (Å²) in [4.78, 5) is 62.0. The third-order valence-electron chi connectivity index (χ3n) is 3.95. The lowest BCUT2D eigenvalue weighted by molar-refractivity contribution is -0.134. The van der Waals surface area contributed by atoms with Crippen LogP contribution in [0.2, 0.25) is 0 Å². The summed E-state index contributed by atoms with van der Waals surface area (Å²) < 4.78 is 62.0. The molecule has 0 spiro atoms. The Morgan fingerprint density at radius 3 is 2.34 bits per heavy atom. The lowest BCUT2D eigenvalue weighted by Gasteiger charge is -2.20. The molecule has 2 rings (SSSR count). The number of aromatic amines is 1. The van der Waals surface area contributed by atoms with E-state index in [1.807, 2.05) is 4.98 Å². The quantitative estimate of drug-likeness (QED) is 0.0936. The highest BCUT2D eigenvalue weighted by molar-refractivity contribution is 7.66. The molecule has 19 nitrogen and oxygen atoms in total. The van der Waals surface area contributed by atoms with Crippen LogP contribution in [-0.4, -0.2) is 73.0 Å². The molecule has 1 aliphatic rings. The number of aliphatic hydroxyl groups is 1. The first-order valence-corrected chi connectivity index (χ1v) is 14.0. The first-order valence-electron chi connectivity index (χ1n) is 9.48. The number of nitrogens with one attached hydrogen (secondary N) is 1. The van der Waals surface area contributed by atoms with Crippen LogP contribution >= 0.6 is 23.5 Å². The van der Waals surface area contributed by atoms with Crippen LogP contribution in [0.5, 0.6) is 0 Å². The normalized spacial score (nSPS) is 24.2. The molecule has 0 amide bonds. The molecule has 2 heterocycles. The molecule has 35 heavy (non-hydrogen) atoms. The van der Waals surface area contributed by atoms with E-state index in [2.05, 4.69) is 13.1 Å². The summed E-state index contributed by atoms with van der Waals surface area (Å²) in [5.74, 6) is 0. The van der Waals surface area contributed by atoms with E-state index in [4.69, 9.17) is 29.7 Å². The fourth-order valence-corrected chi connectivity index (χ4v) is 5.77. The molecule has 0 radical (unpaired) electrons. The van der Waals surface area contributed by atoms with Gasteiger partial charge in [-0.3, -0.25) is 18.9 Å². The maximum atomic E-state index is 12.2. The number of phosphoric acid groups is 3. The van der Waals surface area contributed by atoms with Crippen molar-refractivity contribution in [3.63, 3.8) is 0 Å². The van der Waals surface area contributed by atoms with Crippen LogP contribution in [-0.2, 0) is 47.7 Å². The first-order chi connectivity index (χ1) is 16.1. The molecule has 1 aliphatic heterocycles. The van der Waals surface area contributed by atoms with Crippen molar-refractivity contribution in [2.75, 3.05) is 26.4 Å². The molecule has 1 fully saturated rings. The molecule has 1 saturated heterocycles. The van der Waals surface area contributed by atoms with Crippen molar-refractivity contribution in [1.82, 2.24) is 9.55 Å². The minimum Gasteiger partial charge on any atom is -0.388 e. The van der Waals surface area contributed by atoms with E-state index in [1.54, 1.807) is 0 Å². The SMILES string of the molecule is NCCOCCOCc1cn(C2CC(O)C(OP(=O)(O)OP(=O)(O)OP(=O)(O)O)O2)c(=O)[nH]c1=O. The second-order valence-corrected chi connectivity index (χ2v) is 11.1. The number of phosphoric ester groups is 1. The monoisotopic (exact) mass is 571 g/mol. The van der Waals surface area contributed by atoms with Gasteiger partial charge in [-0.2, -0.15) is 8.62 Å². The predicted molar refractivity (Wildman–Crippen MR) is 110 cm³/mol. The third-order valence-corrected chi connectivity index (χ3v) is 7.75. The molecule has 202 valence electrons. The van der Waals surface area contributed by atoms with Gasteiger partial charge in [-0.15, -0.1) is 0 Å². The zero-order valence-electron chi connectivity index (χ0n) is 17.6. The van der Waals surface area contributed by atoms with Gasteiger partial charge in [-0.25, -0.2) is 18.5 Å². The molecular weight excluding hydrogens is 547 g/mol. The number of hydrogen-bond donors (Lipinski definition) is 7. The van der Waals surface area contributed by atoms with E-state index in [-0.39, 0.29) is 25.4 Å². The van der Waals surface area contributed by atoms with Gasteiger partial charge in [0.15, 0.2) is 6.29 Å². The van der Waals surface area contributed by atoms with Gasteiger partial charge in [0.2, 0.25) is 0 Å². The van der Waals surface area contributed by atoms with Crippen molar-refractivity contribution in [2.24, 2.45) is 5.73 Å². The van der Waals surface area contributed by atoms with Crippen LogP contribution in [0, 0.1) is 0 Å². The fraction of sp³-hybridized carbons (Fsp3) is 0.692. The van der Waals surface area contributed by atoms with Crippen LogP contribution in [0.15, 0.2) is 15.8 Å². The van der Waals surface area contributed by atoms with Crippen LogP contribution in [0.3, 0.4) is 0 Å². The Morgan fingerprint density at radius 2 is 1.71 bits per heavy atom. The molecular formula is C13H24N3O16P3. The molecule has 0 aliphatic carbocycles. The molecule has 5 unspecified atom stereocenters. The van der Waals surface area contributed by atoms with Crippen molar-refractivity contribution in [1.29, 1.82) is 0 Å². The van der Waals surface area contributed by atoms with Gasteiger partial charge in [0.05, 0.1) is 32.0 Å².